The molecule has 1 amide bonds. The summed E-state index contributed by atoms with van der Waals surface area (Å²) >= 11 is 0. The van der Waals surface area contributed by atoms with Crippen LogP contribution in [0.5, 0.6) is 0 Å². The summed E-state index contributed by atoms with van der Waals surface area (Å²) in [5, 5.41) is 9.96. The third kappa shape index (κ3) is 5.17. The number of aromatic nitrogens is 1. The van der Waals surface area contributed by atoms with Crippen LogP contribution < -0.4 is 0 Å². The van der Waals surface area contributed by atoms with E-state index in [9.17, 15) is 9.90 Å². The highest BCUT2D eigenvalue weighted by molar-refractivity contribution is 5.67. The second kappa shape index (κ2) is 5.79. The van der Waals surface area contributed by atoms with Gasteiger partial charge in [0.2, 0.25) is 0 Å². The van der Waals surface area contributed by atoms with Gasteiger partial charge in [-0.1, -0.05) is 0 Å². The molecule has 0 fully saturated rings. The van der Waals surface area contributed by atoms with Crippen LogP contribution >= 0.6 is 0 Å². The summed E-state index contributed by atoms with van der Waals surface area (Å²) in [6, 6.07) is 1.84. The maximum atomic E-state index is 11.9. The lowest BCUT2D eigenvalue weighted by atomic mass is 9.99. The Morgan fingerprint density at radius 3 is 2.40 bits per heavy atom. The predicted molar refractivity (Wildman–Crippen MR) is 77.2 cm³/mol. The van der Waals surface area contributed by atoms with Crippen LogP contribution in [0.2, 0.25) is 0 Å². The van der Waals surface area contributed by atoms with Crippen molar-refractivity contribution in [3.8, 4) is 0 Å². The lowest BCUT2D eigenvalue weighted by molar-refractivity contribution is 0.0285. The van der Waals surface area contributed by atoms with Crippen molar-refractivity contribution in [3.63, 3.8) is 0 Å². The average Bonchev–Trinajstić information content (AvgIpc) is 2.25. The van der Waals surface area contributed by atoms with Crippen molar-refractivity contribution >= 4 is 6.09 Å². The van der Waals surface area contributed by atoms with Gasteiger partial charge in [-0.05, 0) is 46.2 Å². The van der Waals surface area contributed by atoms with Gasteiger partial charge in [-0.25, -0.2) is 4.79 Å². The van der Waals surface area contributed by atoms with Gasteiger partial charge in [0.15, 0.2) is 0 Å². The Morgan fingerprint density at radius 1 is 1.30 bits per heavy atom. The fourth-order valence-corrected chi connectivity index (χ4v) is 1.59. The minimum absolute atomic E-state index is 0.381. The molecule has 20 heavy (non-hydrogen) atoms. The molecule has 1 rings (SSSR count). The maximum absolute atomic E-state index is 11.9. The molecule has 5 heteroatoms. The van der Waals surface area contributed by atoms with Gasteiger partial charge in [0.05, 0.1) is 12.1 Å². The van der Waals surface area contributed by atoms with Crippen molar-refractivity contribution in [1.82, 2.24) is 9.88 Å². The molecule has 0 saturated heterocycles. The third-order valence-corrected chi connectivity index (χ3v) is 2.63. The molecule has 112 valence electrons. The Balaban J connectivity index is 2.76. The number of nitrogens with zero attached hydrogens (tertiary/aromatic N) is 2. The number of rotatable bonds is 3. The van der Waals surface area contributed by atoms with Crippen LogP contribution in [0.1, 0.15) is 45.7 Å². The van der Waals surface area contributed by atoms with Gasteiger partial charge in [-0.3, -0.25) is 4.98 Å². The van der Waals surface area contributed by atoms with E-state index in [1.807, 2.05) is 26.8 Å². The second-order valence-corrected chi connectivity index (χ2v) is 6.48. The Morgan fingerprint density at radius 2 is 1.90 bits per heavy atom. The van der Waals surface area contributed by atoms with Crippen LogP contribution in [0.4, 0.5) is 4.79 Å². The van der Waals surface area contributed by atoms with Crippen molar-refractivity contribution in [2.45, 2.75) is 52.4 Å². The standard InChI is InChI=1S/C15H24N2O3/c1-14(2,3)20-13(18)17(6)10-11-7-12(9-16-8-11)15(4,5)19/h7-9,19H,10H2,1-6H3. The fraction of sp³-hybridized carbons (Fsp3) is 0.600. The minimum Gasteiger partial charge on any atom is -0.444 e. The minimum atomic E-state index is -0.951. The first-order valence-corrected chi connectivity index (χ1v) is 6.60. The summed E-state index contributed by atoms with van der Waals surface area (Å²) in [5.41, 5.74) is 0.0945. The number of hydrogen-bond donors (Lipinski definition) is 1. The summed E-state index contributed by atoms with van der Waals surface area (Å²) in [7, 11) is 1.67. The lowest BCUT2D eigenvalue weighted by Gasteiger charge is -2.25. The molecular weight excluding hydrogens is 256 g/mol. The van der Waals surface area contributed by atoms with E-state index in [1.165, 1.54) is 4.90 Å². The van der Waals surface area contributed by atoms with Gasteiger partial charge in [-0.2, -0.15) is 0 Å². The Kier molecular flexibility index (Phi) is 4.76. The number of carbonyl (C=O) groups excluding carboxylic acids is 1. The van der Waals surface area contributed by atoms with Gasteiger partial charge in [-0.15, -0.1) is 0 Å². The molecule has 0 unspecified atom stereocenters. The highest BCUT2D eigenvalue weighted by Crippen LogP contribution is 2.20. The van der Waals surface area contributed by atoms with Gasteiger partial charge in [0.1, 0.15) is 5.60 Å². The number of pyridine rings is 1. The zero-order valence-corrected chi connectivity index (χ0v) is 13.1. The lowest BCUT2D eigenvalue weighted by Crippen LogP contribution is -2.33. The molecule has 0 aliphatic heterocycles. The normalized spacial score (nSPS) is 12.2. The Hall–Kier alpha value is -1.62. The molecule has 1 aromatic rings. The first-order chi connectivity index (χ1) is 8.99. The molecule has 0 atom stereocenters. The van der Waals surface area contributed by atoms with Gasteiger partial charge >= 0.3 is 6.09 Å². The van der Waals surface area contributed by atoms with E-state index >= 15 is 0 Å². The molecule has 5 nitrogen and oxygen atoms in total. The average molecular weight is 280 g/mol. The summed E-state index contributed by atoms with van der Waals surface area (Å²) in [5.74, 6) is 0. The SMILES string of the molecule is CN(Cc1cncc(C(C)(C)O)c1)C(=O)OC(C)(C)C. The van der Waals surface area contributed by atoms with Crippen LogP contribution in [0.15, 0.2) is 18.5 Å². The molecule has 0 aromatic carbocycles. The largest absolute Gasteiger partial charge is 0.444 e. The Labute approximate surface area is 120 Å². The monoisotopic (exact) mass is 280 g/mol. The molecular formula is C15H24N2O3. The third-order valence-electron chi connectivity index (χ3n) is 2.63. The predicted octanol–water partition coefficient (Wildman–Crippen LogP) is 2.68. The van der Waals surface area contributed by atoms with Crippen LogP contribution in [-0.4, -0.2) is 33.7 Å². The van der Waals surface area contributed by atoms with Crippen molar-refractivity contribution in [3.05, 3.63) is 29.6 Å². The molecule has 0 radical (unpaired) electrons. The molecule has 1 heterocycles. The molecule has 1 N–H and O–H groups in total. The van der Waals surface area contributed by atoms with E-state index in [0.717, 1.165) is 5.56 Å². The molecule has 0 spiro atoms. The van der Waals surface area contributed by atoms with Crippen LogP contribution in [0.25, 0.3) is 0 Å². The number of hydrogen-bond acceptors (Lipinski definition) is 4. The summed E-state index contributed by atoms with van der Waals surface area (Å²) < 4.78 is 5.29. The molecule has 1 aromatic heterocycles. The van der Waals surface area contributed by atoms with E-state index in [1.54, 1.807) is 33.3 Å². The number of carbonyl (C=O) groups is 1. The van der Waals surface area contributed by atoms with Crippen LogP contribution in [0, 0.1) is 0 Å². The maximum Gasteiger partial charge on any atom is 0.410 e. The topological polar surface area (TPSA) is 62.7 Å². The van der Waals surface area contributed by atoms with Crippen LogP contribution in [-0.2, 0) is 16.9 Å². The zero-order valence-electron chi connectivity index (χ0n) is 13.1. The van der Waals surface area contributed by atoms with Crippen molar-refractivity contribution < 1.29 is 14.6 Å². The first kappa shape index (κ1) is 16.4. The highest BCUT2D eigenvalue weighted by Gasteiger charge is 2.21. The summed E-state index contributed by atoms with van der Waals surface area (Å²) in [6.45, 7) is 9.27. The molecule has 0 aliphatic carbocycles. The van der Waals surface area contributed by atoms with E-state index in [-0.39, 0.29) is 6.09 Å². The number of ether oxygens (including phenoxy) is 1. The summed E-state index contributed by atoms with van der Waals surface area (Å²) in [6.07, 6.45) is 2.92. The Bertz CT molecular complexity index is 473. The molecule has 0 aliphatic rings. The second-order valence-electron chi connectivity index (χ2n) is 6.48. The quantitative estimate of drug-likeness (QED) is 0.924. The molecule has 0 bridgehead atoms. The van der Waals surface area contributed by atoms with Gasteiger partial charge in [0.25, 0.3) is 0 Å². The van der Waals surface area contributed by atoms with E-state index < -0.39 is 11.2 Å². The summed E-state index contributed by atoms with van der Waals surface area (Å²) in [4.78, 5) is 17.5. The van der Waals surface area contributed by atoms with Crippen molar-refractivity contribution in [2.24, 2.45) is 0 Å². The molecule has 0 saturated carbocycles. The fourth-order valence-electron chi connectivity index (χ4n) is 1.59. The van der Waals surface area contributed by atoms with Crippen LogP contribution in [0.3, 0.4) is 0 Å². The van der Waals surface area contributed by atoms with Gasteiger partial charge in [0, 0.05) is 25.0 Å². The number of amides is 1. The van der Waals surface area contributed by atoms with Gasteiger partial charge < -0.3 is 14.7 Å². The van der Waals surface area contributed by atoms with Crippen molar-refractivity contribution in [1.29, 1.82) is 0 Å². The van der Waals surface area contributed by atoms with E-state index in [4.69, 9.17) is 4.74 Å². The first-order valence-electron chi connectivity index (χ1n) is 6.60. The number of aliphatic hydroxyl groups is 1. The van der Waals surface area contributed by atoms with E-state index in [0.29, 0.717) is 12.1 Å². The zero-order chi connectivity index (χ0) is 15.6. The van der Waals surface area contributed by atoms with Crippen molar-refractivity contribution in [2.75, 3.05) is 7.05 Å². The highest BCUT2D eigenvalue weighted by atomic mass is 16.6. The van der Waals surface area contributed by atoms with E-state index in [2.05, 4.69) is 4.98 Å². The smallest absolute Gasteiger partial charge is 0.410 e.